The minimum atomic E-state index is -0.728. The molecular formula is C17H16O3. The van der Waals surface area contributed by atoms with Crippen molar-refractivity contribution in [1.82, 2.24) is 0 Å². The molecule has 1 unspecified atom stereocenters. The lowest BCUT2D eigenvalue weighted by Gasteiger charge is -2.43. The molecule has 0 bridgehead atoms. The van der Waals surface area contributed by atoms with E-state index in [2.05, 4.69) is 0 Å². The van der Waals surface area contributed by atoms with Crippen LogP contribution in [0.25, 0.3) is 0 Å². The number of phenols is 1. The van der Waals surface area contributed by atoms with Crippen molar-refractivity contribution < 1.29 is 15.0 Å². The zero-order chi connectivity index (χ0) is 14.1. The van der Waals surface area contributed by atoms with Gasteiger partial charge in [-0.25, -0.2) is 0 Å². The topological polar surface area (TPSA) is 57.5 Å². The van der Waals surface area contributed by atoms with Crippen LogP contribution in [0.2, 0.25) is 0 Å². The predicted octanol–water partition coefficient (Wildman–Crippen LogP) is 3.36. The third-order valence-corrected chi connectivity index (χ3v) is 4.20. The lowest BCUT2D eigenvalue weighted by Crippen LogP contribution is -2.38. The average molecular weight is 268 g/mol. The van der Waals surface area contributed by atoms with E-state index in [4.69, 9.17) is 0 Å². The molecule has 1 saturated carbocycles. The monoisotopic (exact) mass is 268 g/mol. The van der Waals surface area contributed by atoms with Gasteiger partial charge in [0.05, 0.1) is 5.92 Å². The van der Waals surface area contributed by atoms with E-state index in [0.29, 0.717) is 6.42 Å². The molecule has 0 aromatic heterocycles. The highest BCUT2D eigenvalue weighted by atomic mass is 16.4. The van der Waals surface area contributed by atoms with Gasteiger partial charge in [0.25, 0.3) is 0 Å². The molecule has 1 aliphatic rings. The molecule has 1 aliphatic carbocycles. The SMILES string of the molecule is O=C(O)C1C[C@@H](c2ccc(O)cc2)[C@H]1c1ccccc1. The Balaban J connectivity index is 1.92. The quantitative estimate of drug-likeness (QED) is 0.897. The molecule has 0 aliphatic heterocycles. The number of carbonyl (C=O) groups is 1. The van der Waals surface area contributed by atoms with Crippen molar-refractivity contribution in [1.29, 1.82) is 0 Å². The smallest absolute Gasteiger partial charge is 0.307 e. The zero-order valence-electron chi connectivity index (χ0n) is 10.9. The standard InChI is InChI=1S/C17H16O3/c18-13-8-6-11(7-9-13)14-10-15(17(19)20)16(14)12-4-2-1-3-5-12/h1-9,14-16,18H,10H2,(H,19,20)/t14-,15?,16+/m0/s1. The molecule has 20 heavy (non-hydrogen) atoms. The number of hydrogen-bond donors (Lipinski definition) is 2. The summed E-state index contributed by atoms with van der Waals surface area (Å²) in [6.07, 6.45) is 0.652. The van der Waals surface area contributed by atoms with Crippen LogP contribution in [0, 0.1) is 5.92 Å². The zero-order valence-corrected chi connectivity index (χ0v) is 10.9. The summed E-state index contributed by atoms with van der Waals surface area (Å²) >= 11 is 0. The highest BCUT2D eigenvalue weighted by molar-refractivity contribution is 5.73. The largest absolute Gasteiger partial charge is 0.508 e. The van der Waals surface area contributed by atoms with Crippen LogP contribution < -0.4 is 0 Å². The van der Waals surface area contributed by atoms with Crippen molar-refractivity contribution in [3.63, 3.8) is 0 Å². The fraction of sp³-hybridized carbons (Fsp3) is 0.235. The van der Waals surface area contributed by atoms with Crippen molar-refractivity contribution in [3.8, 4) is 5.75 Å². The van der Waals surface area contributed by atoms with E-state index in [1.165, 1.54) is 0 Å². The Morgan fingerprint density at radius 2 is 1.60 bits per heavy atom. The van der Waals surface area contributed by atoms with Gasteiger partial charge in [0.15, 0.2) is 0 Å². The molecule has 3 heteroatoms. The van der Waals surface area contributed by atoms with Crippen molar-refractivity contribution in [3.05, 3.63) is 65.7 Å². The number of hydrogen-bond acceptors (Lipinski definition) is 2. The van der Waals surface area contributed by atoms with E-state index in [9.17, 15) is 15.0 Å². The number of benzene rings is 2. The van der Waals surface area contributed by atoms with E-state index in [1.54, 1.807) is 12.1 Å². The van der Waals surface area contributed by atoms with Gasteiger partial charge in [0.1, 0.15) is 5.75 Å². The molecule has 3 nitrogen and oxygen atoms in total. The summed E-state index contributed by atoms with van der Waals surface area (Å²) < 4.78 is 0. The average Bonchev–Trinajstić information content (AvgIpc) is 2.41. The van der Waals surface area contributed by atoms with E-state index in [0.717, 1.165) is 11.1 Å². The van der Waals surface area contributed by atoms with Crippen molar-refractivity contribution >= 4 is 5.97 Å². The maximum atomic E-state index is 11.4. The molecule has 0 radical (unpaired) electrons. The van der Waals surface area contributed by atoms with Gasteiger partial charge in [-0.2, -0.15) is 0 Å². The van der Waals surface area contributed by atoms with Gasteiger partial charge < -0.3 is 10.2 Å². The molecule has 0 spiro atoms. The second-order valence-corrected chi connectivity index (χ2v) is 5.31. The van der Waals surface area contributed by atoms with E-state index < -0.39 is 5.97 Å². The molecule has 2 aromatic rings. The number of phenolic OH excluding ortho intramolecular Hbond substituents is 1. The van der Waals surface area contributed by atoms with Crippen LogP contribution >= 0.6 is 0 Å². The highest BCUT2D eigenvalue weighted by Crippen LogP contribution is 2.53. The molecule has 3 atom stereocenters. The van der Waals surface area contributed by atoms with Gasteiger partial charge in [-0.1, -0.05) is 42.5 Å². The number of aliphatic carboxylic acids is 1. The van der Waals surface area contributed by atoms with Crippen LogP contribution in [-0.4, -0.2) is 16.2 Å². The Morgan fingerprint density at radius 1 is 0.950 bits per heavy atom. The Morgan fingerprint density at radius 3 is 2.20 bits per heavy atom. The van der Waals surface area contributed by atoms with Crippen LogP contribution in [0.5, 0.6) is 5.75 Å². The van der Waals surface area contributed by atoms with Crippen LogP contribution in [-0.2, 0) is 4.79 Å². The van der Waals surface area contributed by atoms with Gasteiger partial charge >= 0.3 is 5.97 Å². The summed E-state index contributed by atoms with van der Waals surface area (Å²) in [5.74, 6) is -0.596. The summed E-state index contributed by atoms with van der Waals surface area (Å²) in [5.41, 5.74) is 2.17. The number of carboxylic acid groups (broad SMARTS) is 1. The first kappa shape index (κ1) is 12.7. The third-order valence-electron chi connectivity index (χ3n) is 4.20. The Bertz CT molecular complexity index is 604. The lowest BCUT2D eigenvalue weighted by atomic mass is 9.59. The molecular weight excluding hydrogens is 252 g/mol. The summed E-state index contributed by atoms with van der Waals surface area (Å²) in [6.45, 7) is 0. The molecule has 0 saturated heterocycles. The molecule has 102 valence electrons. The van der Waals surface area contributed by atoms with E-state index >= 15 is 0 Å². The van der Waals surface area contributed by atoms with Crippen LogP contribution in [0.3, 0.4) is 0 Å². The van der Waals surface area contributed by atoms with Crippen LogP contribution in [0.1, 0.15) is 29.4 Å². The molecule has 0 amide bonds. The van der Waals surface area contributed by atoms with Crippen molar-refractivity contribution in [2.24, 2.45) is 5.92 Å². The van der Waals surface area contributed by atoms with Crippen molar-refractivity contribution in [2.45, 2.75) is 18.3 Å². The Kier molecular flexibility index (Phi) is 3.18. The minimum Gasteiger partial charge on any atom is -0.508 e. The first-order valence-electron chi connectivity index (χ1n) is 6.73. The summed E-state index contributed by atoms with van der Waals surface area (Å²) in [5, 5.41) is 18.7. The fourth-order valence-corrected chi connectivity index (χ4v) is 3.11. The Hall–Kier alpha value is -2.29. The number of rotatable bonds is 3. The minimum absolute atomic E-state index is 0.0123. The maximum absolute atomic E-state index is 11.4. The number of carboxylic acids is 1. The van der Waals surface area contributed by atoms with Gasteiger partial charge in [-0.05, 0) is 35.6 Å². The maximum Gasteiger partial charge on any atom is 0.307 e. The molecule has 3 rings (SSSR count). The van der Waals surface area contributed by atoms with E-state index in [1.807, 2.05) is 42.5 Å². The normalized spacial score (nSPS) is 24.9. The lowest BCUT2D eigenvalue weighted by molar-refractivity contribution is -0.146. The fourth-order valence-electron chi connectivity index (χ4n) is 3.11. The second kappa shape index (κ2) is 5.00. The molecule has 1 fully saturated rings. The number of aromatic hydroxyl groups is 1. The van der Waals surface area contributed by atoms with Gasteiger partial charge in [0.2, 0.25) is 0 Å². The first-order chi connectivity index (χ1) is 9.66. The predicted molar refractivity (Wildman–Crippen MR) is 75.8 cm³/mol. The molecule has 0 heterocycles. The van der Waals surface area contributed by atoms with Gasteiger partial charge in [-0.3, -0.25) is 4.79 Å². The van der Waals surface area contributed by atoms with Gasteiger partial charge in [-0.15, -0.1) is 0 Å². The first-order valence-corrected chi connectivity index (χ1v) is 6.73. The highest BCUT2D eigenvalue weighted by Gasteiger charge is 2.46. The molecule has 2 aromatic carbocycles. The second-order valence-electron chi connectivity index (χ2n) is 5.31. The summed E-state index contributed by atoms with van der Waals surface area (Å²) in [4.78, 5) is 11.4. The summed E-state index contributed by atoms with van der Waals surface area (Å²) in [7, 11) is 0. The van der Waals surface area contributed by atoms with E-state index in [-0.39, 0.29) is 23.5 Å². The van der Waals surface area contributed by atoms with Crippen LogP contribution in [0.4, 0.5) is 0 Å². The third kappa shape index (κ3) is 2.16. The molecule has 2 N–H and O–H groups in total. The Labute approximate surface area is 117 Å². The van der Waals surface area contributed by atoms with Gasteiger partial charge in [0, 0.05) is 5.92 Å². The van der Waals surface area contributed by atoms with Crippen molar-refractivity contribution in [2.75, 3.05) is 0 Å². The summed E-state index contributed by atoms with van der Waals surface area (Å²) in [6, 6.07) is 16.9. The van der Waals surface area contributed by atoms with Crippen LogP contribution in [0.15, 0.2) is 54.6 Å².